The summed E-state index contributed by atoms with van der Waals surface area (Å²) >= 11 is 0. The second-order valence-electron chi connectivity index (χ2n) is 5.21. The molecule has 1 aromatic rings. The molecule has 0 atom stereocenters. The van der Waals surface area contributed by atoms with Gasteiger partial charge in [0.25, 0.3) is 0 Å². The Hall–Kier alpha value is -1.64. The molecule has 1 aromatic carbocycles. The first-order valence-corrected chi connectivity index (χ1v) is 6.72. The number of imide groups is 1. The van der Waals surface area contributed by atoms with E-state index in [4.69, 9.17) is 0 Å². The van der Waals surface area contributed by atoms with Gasteiger partial charge in [-0.2, -0.15) is 0 Å². The van der Waals surface area contributed by atoms with Gasteiger partial charge in [-0.1, -0.05) is 37.5 Å². The first-order chi connectivity index (χ1) is 8.77. The number of benzene rings is 1. The predicted octanol–water partition coefficient (Wildman–Crippen LogP) is 2.68. The number of hydrogen-bond acceptors (Lipinski definition) is 2. The SMILES string of the molecule is O=C1Cc2ccccc2N1C(=O)C1CCCCC1. The smallest absolute Gasteiger partial charge is 0.238 e. The Bertz CT molecular complexity index is 489. The average molecular weight is 243 g/mol. The van der Waals surface area contributed by atoms with Crippen LogP contribution in [0.4, 0.5) is 5.69 Å². The molecule has 0 spiro atoms. The number of anilines is 1. The number of fused-ring (bicyclic) bond motifs is 1. The number of carbonyl (C=O) groups excluding carboxylic acids is 2. The molecule has 1 fully saturated rings. The lowest BCUT2D eigenvalue weighted by atomic mass is 9.88. The molecule has 3 heteroatoms. The van der Waals surface area contributed by atoms with E-state index in [2.05, 4.69) is 0 Å². The zero-order valence-corrected chi connectivity index (χ0v) is 10.4. The number of amides is 2. The Balaban J connectivity index is 1.87. The van der Waals surface area contributed by atoms with Gasteiger partial charge in [0.05, 0.1) is 12.1 Å². The van der Waals surface area contributed by atoms with Crippen molar-refractivity contribution < 1.29 is 9.59 Å². The molecule has 0 radical (unpaired) electrons. The summed E-state index contributed by atoms with van der Waals surface area (Å²) in [6.45, 7) is 0. The van der Waals surface area contributed by atoms with Gasteiger partial charge in [0.15, 0.2) is 0 Å². The fourth-order valence-corrected chi connectivity index (χ4v) is 3.03. The fraction of sp³-hybridized carbons (Fsp3) is 0.467. The molecule has 0 unspecified atom stereocenters. The molecule has 1 saturated carbocycles. The van der Waals surface area contributed by atoms with Crippen LogP contribution in [0.15, 0.2) is 24.3 Å². The van der Waals surface area contributed by atoms with Gasteiger partial charge < -0.3 is 0 Å². The molecule has 2 aliphatic rings. The van der Waals surface area contributed by atoms with E-state index in [0.29, 0.717) is 6.42 Å². The van der Waals surface area contributed by atoms with E-state index in [1.165, 1.54) is 11.3 Å². The van der Waals surface area contributed by atoms with Crippen molar-refractivity contribution in [2.75, 3.05) is 4.90 Å². The minimum atomic E-state index is -0.0632. The zero-order chi connectivity index (χ0) is 12.5. The van der Waals surface area contributed by atoms with Gasteiger partial charge in [-0.3, -0.25) is 9.59 Å². The zero-order valence-electron chi connectivity index (χ0n) is 10.4. The molecule has 1 heterocycles. The summed E-state index contributed by atoms with van der Waals surface area (Å²) in [4.78, 5) is 25.9. The van der Waals surface area contributed by atoms with Crippen LogP contribution in [-0.2, 0) is 16.0 Å². The Morgan fingerprint density at radius 3 is 2.61 bits per heavy atom. The van der Waals surface area contributed by atoms with Crippen LogP contribution in [0.2, 0.25) is 0 Å². The molecule has 3 nitrogen and oxygen atoms in total. The van der Waals surface area contributed by atoms with Crippen molar-refractivity contribution in [1.82, 2.24) is 0 Å². The summed E-state index contributed by atoms with van der Waals surface area (Å²) in [5, 5.41) is 0. The van der Waals surface area contributed by atoms with Crippen LogP contribution in [0.5, 0.6) is 0 Å². The van der Waals surface area contributed by atoms with E-state index in [1.54, 1.807) is 0 Å². The molecule has 0 aromatic heterocycles. The number of nitrogens with zero attached hydrogens (tertiary/aromatic N) is 1. The fourth-order valence-electron chi connectivity index (χ4n) is 3.03. The van der Waals surface area contributed by atoms with Crippen LogP contribution >= 0.6 is 0 Å². The lowest BCUT2D eigenvalue weighted by molar-refractivity contribution is -0.128. The molecule has 0 saturated heterocycles. The van der Waals surface area contributed by atoms with Crippen molar-refractivity contribution in [1.29, 1.82) is 0 Å². The third-order valence-corrected chi connectivity index (χ3v) is 4.00. The number of carbonyl (C=O) groups is 2. The summed E-state index contributed by atoms with van der Waals surface area (Å²) in [6.07, 6.45) is 5.68. The van der Waals surface area contributed by atoms with Crippen LogP contribution in [0.25, 0.3) is 0 Å². The van der Waals surface area contributed by atoms with Crippen molar-refractivity contribution in [2.45, 2.75) is 38.5 Å². The number of rotatable bonds is 1. The molecule has 18 heavy (non-hydrogen) atoms. The highest BCUT2D eigenvalue weighted by atomic mass is 16.2. The summed E-state index contributed by atoms with van der Waals surface area (Å²) in [5.41, 5.74) is 1.78. The maximum absolute atomic E-state index is 12.5. The average Bonchev–Trinajstić information content (AvgIpc) is 2.75. The van der Waals surface area contributed by atoms with Gasteiger partial charge in [0.2, 0.25) is 11.8 Å². The van der Waals surface area contributed by atoms with Crippen LogP contribution in [0, 0.1) is 5.92 Å². The van der Waals surface area contributed by atoms with Crippen molar-refractivity contribution in [3.63, 3.8) is 0 Å². The van der Waals surface area contributed by atoms with Crippen LogP contribution in [0.3, 0.4) is 0 Å². The lowest BCUT2D eigenvalue weighted by Crippen LogP contribution is -2.39. The largest absolute Gasteiger partial charge is 0.274 e. The van der Waals surface area contributed by atoms with E-state index in [1.807, 2.05) is 24.3 Å². The Morgan fingerprint density at radius 1 is 1.11 bits per heavy atom. The predicted molar refractivity (Wildman–Crippen MR) is 69.2 cm³/mol. The van der Waals surface area contributed by atoms with Crippen molar-refractivity contribution in [2.24, 2.45) is 5.92 Å². The van der Waals surface area contributed by atoms with Gasteiger partial charge in [0, 0.05) is 5.92 Å². The summed E-state index contributed by atoms with van der Waals surface area (Å²) in [5.74, 6) is 0.00489. The van der Waals surface area contributed by atoms with Gasteiger partial charge in [-0.25, -0.2) is 4.90 Å². The maximum atomic E-state index is 12.5. The van der Waals surface area contributed by atoms with Crippen LogP contribution in [-0.4, -0.2) is 11.8 Å². The first kappa shape index (κ1) is 11.5. The summed E-state index contributed by atoms with van der Waals surface area (Å²) < 4.78 is 0. The molecule has 0 bridgehead atoms. The minimum absolute atomic E-state index is 0.0182. The van der Waals surface area contributed by atoms with Gasteiger partial charge in [-0.05, 0) is 24.5 Å². The van der Waals surface area contributed by atoms with Gasteiger partial charge in [0.1, 0.15) is 0 Å². The van der Waals surface area contributed by atoms with Crippen LogP contribution in [0.1, 0.15) is 37.7 Å². The number of hydrogen-bond donors (Lipinski definition) is 0. The van der Waals surface area contributed by atoms with E-state index in [0.717, 1.165) is 36.9 Å². The summed E-state index contributed by atoms with van der Waals surface area (Å²) in [7, 11) is 0. The lowest BCUT2D eigenvalue weighted by Gasteiger charge is -2.25. The number of para-hydroxylation sites is 1. The Morgan fingerprint density at radius 2 is 1.83 bits per heavy atom. The van der Waals surface area contributed by atoms with E-state index < -0.39 is 0 Å². The van der Waals surface area contributed by atoms with E-state index in [-0.39, 0.29) is 17.7 Å². The second kappa shape index (κ2) is 4.56. The molecular weight excluding hydrogens is 226 g/mol. The molecular formula is C15H17NO2. The second-order valence-corrected chi connectivity index (χ2v) is 5.21. The normalized spacial score (nSPS) is 20.0. The quantitative estimate of drug-likeness (QED) is 0.711. The molecule has 2 amide bonds. The van der Waals surface area contributed by atoms with Gasteiger partial charge in [-0.15, -0.1) is 0 Å². The Kier molecular flexibility index (Phi) is 2.90. The minimum Gasteiger partial charge on any atom is -0.274 e. The highest BCUT2D eigenvalue weighted by molar-refractivity contribution is 6.19. The summed E-state index contributed by atoms with van der Waals surface area (Å²) in [6, 6.07) is 7.61. The first-order valence-electron chi connectivity index (χ1n) is 6.72. The molecule has 3 rings (SSSR count). The molecule has 1 aliphatic carbocycles. The monoisotopic (exact) mass is 243 g/mol. The molecule has 1 aliphatic heterocycles. The van der Waals surface area contributed by atoms with Crippen molar-refractivity contribution in [3.8, 4) is 0 Å². The Labute approximate surface area is 107 Å². The highest BCUT2D eigenvalue weighted by Gasteiger charge is 2.35. The third-order valence-electron chi connectivity index (χ3n) is 4.00. The highest BCUT2D eigenvalue weighted by Crippen LogP contribution is 2.33. The molecule has 94 valence electrons. The van der Waals surface area contributed by atoms with E-state index in [9.17, 15) is 9.59 Å². The maximum Gasteiger partial charge on any atom is 0.238 e. The van der Waals surface area contributed by atoms with Crippen molar-refractivity contribution in [3.05, 3.63) is 29.8 Å². The topological polar surface area (TPSA) is 37.4 Å². The van der Waals surface area contributed by atoms with Crippen LogP contribution < -0.4 is 4.90 Å². The standard InChI is InChI=1S/C15H17NO2/c17-14-10-12-8-4-5-9-13(12)16(14)15(18)11-6-2-1-3-7-11/h4-5,8-9,11H,1-3,6-7,10H2. The van der Waals surface area contributed by atoms with Crippen molar-refractivity contribution >= 4 is 17.5 Å². The van der Waals surface area contributed by atoms with E-state index >= 15 is 0 Å². The van der Waals surface area contributed by atoms with Gasteiger partial charge >= 0.3 is 0 Å². The molecule has 0 N–H and O–H groups in total. The third kappa shape index (κ3) is 1.84.